The molecule has 0 radical (unpaired) electrons. The van der Waals surface area contributed by atoms with Gasteiger partial charge in [-0.05, 0) is 49.1 Å². The molecule has 2 aliphatic rings. The van der Waals surface area contributed by atoms with E-state index in [4.69, 9.17) is 11.6 Å². The van der Waals surface area contributed by atoms with Gasteiger partial charge in [0.2, 0.25) is 0 Å². The zero-order chi connectivity index (χ0) is 24.4. The maximum atomic E-state index is 14.7. The lowest BCUT2D eigenvalue weighted by atomic mass is 9.87. The number of hydrogen-bond donors (Lipinski definition) is 2. The minimum Gasteiger partial charge on any atom is -0.387 e. The number of aromatic nitrogens is 1. The van der Waals surface area contributed by atoms with Gasteiger partial charge in [-0.2, -0.15) is 13.2 Å². The first-order valence-electron chi connectivity index (χ1n) is 9.85. The van der Waals surface area contributed by atoms with Crippen LogP contribution in [0.3, 0.4) is 0 Å². The molecule has 2 heterocycles. The first kappa shape index (κ1) is 23.4. The van der Waals surface area contributed by atoms with Crippen molar-refractivity contribution in [2.45, 2.75) is 44.2 Å². The number of nitrogens with zero attached hydrogens (tertiary/aromatic N) is 3. The Balaban J connectivity index is 1.78. The number of rotatable bonds is 3. The van der Waals surface area contributed by atoms with Crippen molar-refractivity contribution < 1.29 is 37.4 Å². The average molecular weight is 488 g/mol. The maximum Gasteiger partial charge on any atom is 0.416 e. The number of carbonyl (C=O) groups excluding carboxylic acids is 2. The first-order chi connectivity index (χ1) is 15.3. The van der Waals surface area contributed by atoms with E-state index < -0.39 is 53.4 Å². The summed E-state index contributed by atoms with van der Waals surface area (Å²) in [5, 5.41) is 20.5. The van der Waals surface area contributed by atoms with Crippen molar-refractivity contribution in [2.24, 2.45) is 0 Å². The summed E-state index contributed by atoms with van der Waals surface area (Å²) < 4.78 is 54.6. The molecule has 12 heteroatoms. The lowest BCUT2D eigenvalue weighted by Crippen LogP contribution is -2.50. The maximum absolute atomic E-state index is 14.7. The number of aliphatic hydroxyl groups excluding tert-OH is 2. The van der Waals surface area contributed by atoms with Crippen LogP contribution in [-0.2, 0) is 28.6 Å². The Kier molecular flexibility index (Phi) is 5.62. The Morgan fingerprint density at radius 2 is 1.91 bits per heavy atom. The number of benzene rings is 1. The minimum absolute atomic E-state index is 0.00829. The minimum atomic E-state index is -4.78. The first-order valence-corrected chi connectivity index (χ1v) is 10.2. The van der Waals surface area contributed by atoms with E-state index in [0.717, 1.165) is 18.0 Å². The topological polar surface area (TPSA) is 94.0 Å². The summed E-state index contributed by atoms with van der Waals surface area (Å²) in [6.07, 6.45) is -7.67. The van der Waals surface area contributed by atoms with Crippen molar-refractivity contribution in [2.75, 3.05) is 16.8 Å². The SMILES string of the molecule is Cc1cc(C(F)(F)F)cc(N2C(=O)[C@@H](O)[C@@H](O)[C@H]2C(=O)N(C)c2c(F)cc3c(c2Cl)CC3)n1. The van der Waals surface area contributed by atoms with Gasteiger partial charge < -0.3 is 15.1 Å². The normalized spacial score (nSPS) is 22.3. The molecule has 33 heavy (non-hydrogen) atoms. The van der Waals surface area contributed by atoms with Crippen molar-refractivity contribution in [3.05, 3.63) is 51.4 Å². The number of hydrogen-bond acceptors (Lipinski definition) is 5. The third kappa shape index (κ3) is 3.73. The van der Waals surface area contributed by atoms with Gasteiger partial charge in [-0.3, -0.25) is 14.5 Å². The molecule has 4 rings (SSSR count). The second kappa shape index (κ2) is 7.93. The zero-order valence-electron chi connectivity index (χ0n) is 17.3. The van der Waals surface area contributed by atoms with Crippen LogP contribution in [-0.4, -0.2) is 52.3 Å². The van der Waals surface area contributed by atoms with E-state index in [2.05, 4.69) is 4.98 Å². The summed E-state index contributed by atoms with van der Waals surface area (Å²) in [5.41, 5.74) is -0.194. The van der Waals surface area contributed by atoms with Gasteiger partial charge in [-0.1, -0.05) is 11.6 Å². The van der Waals surface area contributed by atoms with Gasteiger partial charge in [-0.15, -0.1) is 0 Å². The summed E-state index contributed by atoms with van der Waals surface area (Å²) in [5.74, 6) is -3.68. The number of alkyl halides is 3. The van der Waals surface area contributed by atoms with E-state index >= 15 is 0 Å². The van der Waals surface area contributed by atoms with Crippen molar-refractivity contribution in [1.82, 2.24) is 4.98 Å². The monoisotopic (exact) mass is 487 g/mol. The smallest absolute Gasteiger partial charge is 0.387 e. The summed E-state index contributed by atoms with van der Waals surface area (Å²) in [6.45, 7) is 1.26. The van der Waals surface area contributed by atoms with Crippen molar-refractivity contribution in [1.29, 1.82) is 0 Å². The predicted octanol–water partition coefficient (Wildman–Crippen LogP) is 2.40. The fraction of sp³-hybridized carbons (Fsp3) is 0.381. The van der Waals surface area contributed by atoms with Gasteiger partial charge in [0.05, 0.1) is 16.3 Å². The summed E-state index contributed by atoms with van der Waals surface area (Å²) >= 11 is 6.28. The number of carbonyl (C=O) groups is 2. The molecule has 1 aliphatic carbocycles. The molecule has 1 fully saturated rings. The number of pyridine rings is 1. The molecule has 2 N–H and O–H groups in total. The van der Waals surface area contributed by atoms with E-state index in [9.17, 15) is 37.4 Å². The Morgan fingerprint density at radius 1 is 1.24 bits per heavy atom. The van der Waals surface area contributed by atoms with Crippen LogP contribution in [0.4, 0.5) is 29.1 Å². The van der Waals surface area contributed by atoms with E-state index in [1.54, 1.807) is 0 Å². The van der Waals surface area contributed by atoms with Crippen LogP contribution in [0.1, 0.15) is 22.4 Å². The number of aliphatic hydroxyl groups is 2. The van der Waals surface area contributed by atoms with Crippen molar-refractivity contribution in [3.63, 3.8) is 0 Å². The van der Waals surface area contributed by atoms with E-state index in [-0.39, 0.29) is 16.4 Å². The van der Waals surface area contributed by atoms with Crippen LogP contribution in [0, 0.1) is 12.7 Å². The Bertz CT molecular complexity index is 1170. The van der Waals surface area contributed by atoms with Gasteiger partial charge >= 0.3 is 6.18 Å². The third-order valence-corrected chi connectivity index (χ3v) is 6.29. The fourth-order valence-corrected chi connectivity index (χ4v) is 4.52. The number of likely N-dealkylation sites (N-methyl/N-ethyl adjacent to an activating group) is 1. The van der Waals surface area contributed by atoms with Crippen LogP contribution in [0.5, 0.6) is 0 Å². The number of halogens is 5. The molecule has 0 spiro atoms. The zero-order valence-corrected chi connectivity index (χ0v) is 18.1. The molecule has 1 aromatic heterocycles. The molecule has 176 valence electrons. The standard InChI is InChI=1S/C21H18ClF4N3O4/c1-8-5-10(21(24,25)26)7-13(27-8)29-16(17(30)18(31)20(29)33)19(32)28(2)15-12(23)6-9-3-4-11(9)14(15)22/h5-7,16-18,30-31H,3-4H2,1-2H3/t16-,17-,18-/m0/s1. The second-order valence-electron chi connectivity index (χ2n) is 8.00. The number of amides is 2. The molecule has 7 nitrogen and oxygen atoms in total. The summed E-state index contributed by atoms with van der Waals surface area (Å²) in [6, 6.07) is 0.643. The number of fused-ring (bicyclic) bond motifs is 1. The van der Waals surface area contributed by atoms with E-state index in [0.29, 0.717) is 34.9 Å². The van der Waals surface area contributed by atoms with E-state index in [1.807, 2.05) is 0 Å². The number of aryl methyl sites for hydroxylation is 2. The predicted molar refractivity (Wildman–Crippen MR) is 109 cm³/mol. The molecule has 0 unspecified atom stereocenters. The number of anilines is 2. The van der Waals surface area contributed by atoms with Crippen molar-refractivity contribution in [3.8, 4) is 0 Å². The van der Waals surface area contributed by atoms with Crippen LogP contribution in [0.2, 0.25) is 5.02 Å². The molecule has 3 atom stereocenters. The largest absolute Gasteiger partial charge is 0.416 e. The molecule has 0 saturated carbocycles. The molecule has 2 aromatic rings. The lowest BCUT2D eigenvalue weighted by Gasteiger charge is -2.31. The van der Waals surface area contributed by atoms with Gasteiger partial charge in [0, 0.05) is 12.7 Å². The molecule has 1 saturated heterocycles. The average Bonchev–Trinajstić information content (AvgIpc) is 2.92. The van der Waals surface area contributed by atoms with Crippen LogP contribution in [0.15, 0.2) is 18.2 Å². The highest BCUT2D eigenvalue weighted by molar-refractivity contribution is 6.35. The molecule has 1 aromatic carbocycles. The van der Waals surface area contributed by atoms with Crippen LogP contribution < -0.4 is 9.80 Å². The summed E-state index contributed by atoms with van der Waals surface area (Å²) in [4.78, 5) is 31.1. The molecular weight excluding hydrogens is 470 g/mol. The Morgan fingerprint density at radius 3 is 2.48 bits per heavy atom. The molecule has 2 amide bonds. The summed E-state index contributed by atoms with van der Waals surface area (Å²) in [7, 11) is 1.16. The van der Waals surface area contributed by atoms with Crippen LogP contribution >= 0.6 is 11.6 Å². The van der Waals surface area contributed by atoms with Gasteiger partial charge in [0.15, 0.2) is 6.10 Å². The molecule has 0 bridgehead atoms. The lowest BCUT2D eigenvalue weighted by molar-refractivity contribution is -0.137. The Hall–Kier alpha value is -2.76. The quantitative estimate of drug-likeness (QED) is 0.649. The Labute approximate surface area is 190 Å². The highest BCUT2D eigenvalue weighted by atomic mass is 35.5. The van der Waals surface area contributed by atoms with Crippen LogP contribution in [0.25, 0.3) is 0 Å². The fourth-order valence-electron chi connectivity index (χ4n) is 4.09. The third-order valence-electron chi connectivity index (χ3n) is 5.88. The molecule has 1 aliphatic heterocycles. The van der Waals surface area contributed by atoms with Gasteiger partial charge in [-0.25, -0.2) is 9.37 Å². The van der Waals surface area contributed by atoms with Gasteiger partial charge in [0.25, 0.3) is 11.8 Å². The second-order valence-corrected chi connectivity index (χ2v) is 8.38. The highest BCUT2D eigenvalue weighted by Crippen LogP contribution is 2.40. The molecular formula is C21H18ClF4N3O4. The van der Waals surface area contributed by atoms with Crippen molar-refractivity contribution >= 4 is 34.9 Å². The van der Waals surface area contributed by atoms with E-state index in [1.165, 1.54) is 13.0 Å². The highest BCUT2D eigenvalue weighted by Gasteiger charge is 2.53. The van der Waals surface area contributed by atoms with Gasteiger partial charge in [0.1, 0.15) is 23.8 Å².